The molecule has 2 aliphatic rings. The number of H-pyrrole nitrogens is 1. The van der Waals surface area contributed by atoms with E-state index in [9.17, 15) is 67.5 Å². The monoisotopic (exact) mass is 773 g/mol. The van der Waals surface area contributed by atoms with E-state index in [1.807, 2.05) is 4.98 Å². The number of hydrogen-bond donors (Lipinski definition) is 9. The topological polar surface area (TPSA) is 390 Å². The van der Waals surface area contributed by atoms with Crippen molar-refractivity contribution in [2.24, 2.45) is 0 Å². The predicted octanol–water partition coefficient (Wildman–Crippen LogP) is -2.87. The zero-order valence-electron chi connectivity index (χ0n) is 23.5. The van der Waals surface area contributed by atoms with Crippen LogP contribution in [0.3, 0.4) is 0 Å². The molecule has 0 radical (unpaired) electrons. The zero-order chi connectivity index (χ0) is 35.8. The fourth-order valence-corrected chi connectivity index (χ4v) is 9.16. The largest absolute Gasteiger partial charge is 0.490 e. The third kappa shape index (κ3) is 9.91. The number of hydrogen-bond acceptors (Lipinski definition) is 19. The average Bonchev–Trinajstić information content (AvgIpc) is 3.42. The first-order chi connectivity index (χ1) is 22.1. The Bertz CT molecular complexity index is 1870. The summed E-state index contributed by atoms with van der Waals surface area (Å²) in [5, 5.41) is 30.5. The number of aromatic amines is 1. The van der Waals surface area contributed by atoms with E-state index in [0.717, 1.165) is 16.8 Å². The number of nitrogens with one attached hydrogen (secondary N) is 1. The van der Waals surface area contributed by atoms with Gasteiger partial charge in [0.1, 0.15) is 36.5 Å². The molecule has 2 aromatic rings. The van der Waals surface area contributed by atoms with Gasteiger partial charge >= 0.3 is 42.7 Å². The van der Waals surface area contributed by atoms with Gasteiger partial charge in [-0.1, -0.05) is 0 Å². The maximum Gasteiger partial charge on any atom is 0.490 e. The fraction of sp³-hybridized carbons (Fsp3) is 0.556. The smallest absolute Gasteiger partial charge is 0.390 e. The minimum absolute atomic E-state index is 0.103. The number of aliphatic hydroxyl groups excluding tert-OH is 3. The molecule has 0 amide bonds. The fourth-order valence-electron chi connectivity index (χ4n) is 4.21. The maximum absolute atomic E-state index is 12.2. The van der Waals surface area contributed by atoms with Crippen molar-refractivity contribution in [1.29, 1.82) is 0 Å². The number of phosphoric acid groups is 4. The van der Waals surface area contributed by atoms with Crippen LogP contribution < -0.4 is 22.7 Å². The summed E-state index contributed by atoms with van der Waals surface area (Å²) in [5.41, 5.74) is 2.68. The van der Waals surface area contributed by atoms with Gasteiger partial charge in [-0.25, -0.2) is 27.8 Å². The van der Waals surface area contributed by atoms with E-state index in [1.54, 1.807) is 0 Å². The summed E-state index contributed by atoms with van der Waals surface area (Å²) in [6.07, 6.45) is -9.25. The van der Waals surface area contributed by atoms with Gasteiger partial charge in [-0.2, -0.15) is 17.9 Å². The third-order valence-electron chi connectivity index (χ3n) is 6.25. The molecule has 0 spiro atoms. The van der Waals surface area contributed by atoms with Crippen molar-refractivity contribution in [3.63, 3.8) is 0 Å². The summed E-state index contributed by atoms with van der Waals surface area (Å²) in [7, 11) is -23.8. The highest BCUT2D eigenvalue weighted by Crippen LogP contribution is 2.71. The van der Waals surface area contributed by atoms with Crippen LogP contribution in [-0.2, 0) is 49.7 Å². The molecule has 0 aliphatic carbocycles. The number of nitrogens with two attached hydrogens (primary N) is 1. The first kappa shape index (κ1) is 38.5. The van der Waals surface area contributed by atoms with Gasteiger partial charge in [0, 0.05) is 24.9 Å². The van der Waals surface area contributed by atoms with Crippen molar-refractivity contribution in [3.05, 3.63) is 55.8 Å². The van der Waals surface area contributed by atoms with Gasteiger partial charge in [-0.3, -0.25) is 28.0 Å². The van der Waals surface area contributed by atoms with Crippen LogP contribution in [0.25, 0.3) is 0 Å². The van der Waals surface area contributed by atoms with Crippen LogP contribution in [0, 0.1) is 0 Å². The van der Waals surface area contributed by atoms with Crippen LogP contribution in [0.4, 0.5) is 5.82 Å². The van der Waals surface area contributed by atoms with E-state index in [4.69, 9.17) is 15.2 Å². The number of rotatable bonds is 14. The van der Waals surface area contributed by atoms with Crippen LogP contribution in [0.5, 0.6) is 0 Å². The zero-order valence-corrected chi connectivity index (χ0v) is 27.1. The van der Waals surface area contributed by atoms with Crippen molar-refractivity contribution in [1.82, 2.24) is 19.1 Å². The van der Waals surface area contributed by atoms with Crippen LogP contribution in [0.15, 0.2) is 38.9 Å². The normalized spacial score (nSPS) is 31.0. The highest BCUT2D eigenvalue weighted by molar-refractivity contribution is 7.69. The van der Waals surface area contributed by atoms with E-state index in [0.29, 0.717) is 4.57 Å². The van der Waals surface area contributed by atoms with Gasteiger partial charge < -0.3 is 50.1 Å². The molecule has 2 aliphatic heterocycles. The molecule has 2 saturated heterocycles. The molecule has 10 N–H and O–H groups in total. The lowest BCUT2D eigenvalue weighted by Crippen LogP contribution is -2.37. The lowest BCUT2D eigenvalue weighted by atomic mass is 10.1. The van der Waals surface area contributed by atoms with Crippen molar-refractivity contribution in [2.45, 2.75) is 49.4 Å². The number of aromatic nitrogens is 4. The molecule has 11 atom stereocenters. The highest BCUT2D eigenvalue weighted by Gasteiger charge is 2.49. The molecule has 0 bridgehead atoms. The standard InChI is InChI=1S/C18H27N5O21P4/c19-11-1-3-22(17(28)20-11)13-5-8(24)9(40-13)6-38-45(30,31)42-47(34,35)44-48(36,37)43-46(32,33)39-7-10-14(26)15(27)16(41-10)23-4-2-12(25)21-18(23)29/h1-4,8-10,13-16,24,26-27H,5-7H2,(H,30,31)(H,32,33)(H,34,35)(H,36,37)(H2,19,20,28)(H,21,25,29)/t8-,9?,10+,13+,14+,15+,16-/m0/s1. The number of ether oxygens (including phenoxy) is 2. The van der Waals surface area contributed by atoms with Gasteiger partial charge in [-0.15, -0.1) is 0 Å². The van der Waals surface area contributed by atoms with Crippen LogP contribution in [-0.4, -0.2) is 97.7 Å². The molecule has 2 aromatic heterocycles. The molecule has 0 saturated carbocycles. The van der Waals surface area contributed by atoms with E-state index in [-0.39, 0.29) is 12.2 Å². The SMILES string of the molecule is Nc1ccn([C@H]2C[C@H](O)C(COP(=O)(O)OP(=O)(O)OP(=O)(O)OP(=O)(O)OC[C@H]3O[C@H](n4ccc(=O)[nH]c4=O)[C@H](O)[C@@H]3O)O2)c(=O)n1. The van der Waals surface area contributed by atoms with Crippen LogP contribution in [0.1, 0.15) is 18.9 Å². The van der Waals surface area contributed by atoms with E-state index in [1.165, 1.54) is 12.3 Å². The second-order valence-corrected chi connectivity index (χ2v) is 16.0. The summed E-state index contributed by atoms with van der Waals surface area (Å²) in [6, 6.07) is 2.13. The molecule has 270 valence electrons. The highest BCUT2D eigenvalue weighted by atomic mass is 31.3. The van der Waals surface area contributed by atoms with Crippen molar-refractivity contribution in [2.75, 3.05) is 18.9 Å². The molecular formula is C18H27N5O21P4. The number of phosphoric ester groups is 2. The quantitative estimate of drug-likeness (QED) is 0.0871. The van der Waals surface area contributed by atoms with Gasteiger partial charge in [0.15, 0.2) is 6.23 Å². The summed E-state index contributed by atoms with van der Waals surface area (Å²) in [5.74, 6) is -0.103. The van der Waals surface area contributed by atoms with E-state index in [2.05, 4.69) is 27.0 Å². The van der Waals surface area contributed by atoms with Gasteiger partial charge in [0.05, 0.1) is 19.3 Å². The Morgan fingerprint density at radius 1 is 0.812 bits per heavy atom. The minimum atomic E-state index is -6.19. The lowest BCUT2D eigenvalue weighted by Gasteiger charge is -2.21. The van der Waals surface area contributed by atoms with E-state index < -0.39 is 104 Å². The Morgan fingerprint density at radius 3 is 1.92 bits per heavy atom. The summed E-state index contributed by atoms with van der Waals surface area (Å²) in [4.78, 5) is 79.6. The number of nitrogen functional groups attached to an aromatic ring is 1. The molecule has 48 heavy (non-hydrogen) atoms. The maximum atomic E-state index is 12.2. The molecule has 0 aromatic carbocycles. The van der Waals surface area contributed by atoms with Crippen molar-refractivity contribution in [3.8, 4) is 0 Å². The second kappa shape index (κ2) is 14.5. The number of aliphatic hydroxyl groups is 3. The summed E-state index contributed by atoms with van der Waals surface area (Å²) in [6.45, 7) is -2.20. The Hall–Kier alpha value is -2.28. The molecule has 26 nitrogen and oxygen atoms in total. The average molecular weight is 773 g/mol. The van der Waals surface area contributed by atoms with Gasteiger partial charge in [0.25, 0.3) is 5.56 Å². The molecule has 4 heterocycles. The molecule has 5 unspecified atom stereocenters. The number of anilines is 1. The van der Waals surface area contributed by atoms with Crippen molar-refractivity contribution < 1.29 is 84.6 Å². The molecule has 4 rings (SSSR count). The molecular weight excluding hydrogens is 746 g/mol. The van der Waals surface area contributed by atoms with Gasteiger partial charge in [0.2, 0.25) is 0 Å². The molecule has 2 fully saturated rings. The Morgan fingerprint density at radius 2 is 1.35 bits per heavy atom. The van der Waals surface area contributed by atoms with E-state index >= 15 is 0 Å². The van der Waals surface area contributed by atoms with Crippen molar-refractivity contribution >= 4 is 37.1 Å². The first-order valence-corrected chi connectivity index (χ1v) is 18.8. The Kier molecular flexibility index (Phi) is 11.7. The van der Waals surface area contributed by atoms with Gasteiger partial charge in [-0.05, 0) is 6.07 Å². The third-order valence-corrected chi connectivity index (χ3v) is 12.2. The summed E-state index contributed by atoms with van der Waals surface area (Å²) >= 11 is 0. The lowest BCUT2D eigenvalue weighted by molar-refractivity contribution is -0.0542. The second-order valence-electron chi connectivity index (χ2n) is 9.75. The first-order valence-electron chi connectivity index (χ1n) is 12.8. The summed E-state index contributed by atoms with van der Waals surface area (Å²) < 4.78 is 81.2. The Labute approximate surface area is 265 Å². The minimum Gasteiger partial charge on any atom is -0.390 e. The van der Waals surface area contributed by atoms with Crippen LogP contribution >= 0.6 is 31.3 Å². The number of nitrogens with zero attached hydrogens (tertiary/aromatic N) is 3. The predicted molar refractivity (Wildman–Crippen MR) is 149 cm³/mol. The molecule has 30 heteroatoms. The Balaban J connectivity index is 1.29. The van der Waals surface area contributed by atoms with Crippen LogP contribution in [0.2, 0.25) is 0 Å².